The molecule has 0 spiro atoms. The van der Waals surface area contributed by atoms with Gasteiger partial charge >= 0.3 is 0 Å². The number of ether oxygens (including phenoxy) is 1. The van der Waals surface area contributed by atoms with Crippen molar-refractivity contribution in [1.82, 2.24) is 4.90 Å². The van der Waals surface area contributed by atoms with Crippen LogP contribution >= 0.6 is 69.6 Å². The van der Waals surface area contributed by atoms with E-state index in [0.29, 0.717) is 6.61 Å². The molecule has 4 nitrogen and oxygen atoms in total. The molecule has 0 aromatic rings. The van der Waals surface area contributed by atoms with Crippen LogP contribution in [0, 0.1) is 11.8 Å². The molecule has 0 aromatic carbocycles. The lowest BCUT2D eigenvalue weighted by Crippen LogP contribution is -2.50. The first-order valence-electron chi connectivity index (χ1n) is 7.38. The van der Waals surface area contributed by atoms with Crippen LogP contribution in [0.5, 0.6) is 0 Å². The van der Waals surface area contributed by atoms with Crippen molar-refractivity contribution in [3.8, 4) is 0 Å². The largest absolute Gasteiger partial charge is 0.376 e. The minimum Gasteiger partial charge on any atom is -0.376 e. The van der Waals surface area contributed by atoms with Gasteiger partial charge in [-0.1, -0.05) is 46.4 Å². The van der Waals surface area contributed by atoms with Crippen molar-refractivity contribution in [2.24, 2.45) is 11.8 Å². The topological polar surface area (TPSA) is 46.6 Å². The van der Waals surface area contributed by atoms with Crippen molar-refractivity contribution in [3.63, 3.8) is 0 Å². The monoisotopic (exact) mass is 451 g/mol. The van der Waals surface area contributed by atoms with Crippen molar-refractivity contribution in [2.75, 3.05) is 13.2 Å². The Morgan fingerprint density at radius 2 is 1.50 bits per heavy atom. The summed E-state index contributed by atoms with van der Waals surface area (Å²) in [6, 6.07) is 0. The molecule has 4 rings (SSSR count). The Morgan fingerprint density at radius 1 is 1.00 bits per heavy atom. The number of halogens is 6. The Morgan fingerprint density at radius 3 is 1.92 bits per heavy atom. The summed E-state index contributed by atoms with van der Waals surface area (Å²) in [5, 5.41) is -0.153. The van der Waals surface area contributed by atoms with Gasteiger partial charge < -0.3 is 4.74 Å². The third-order valence-corrected chi connectivity index (χ3v) is 9.67. The number of nitrogens with zero attached hydrogens (tertiary/aromatic N) is 1. The summed E-state index contributed by atoms with van der Waals surface area (Å²) in [4.78, 5) is 23.5. The Bertz CT molecular complexity index is 644. The van der Waals surface area contributed by atoms with Gasteiger partial charge in [-0.2, -0.15) is 0 Å². The summed E-state index contributed by atoms with van der Waals surface area (Å²) in [5.74, 6) is -3.11. The first-order chi connectivity index (χ1) is 11.1. The van der Waals surface area contributed by atoms with Gasteiger partial charge in [0.15, 0.2) is 4.33 Å². The zero-order chi connectivity index (χ0) is 17.7. The van der Waals surface area contributed by atoms with E-state index >= 15 is 0 Å². The molecule has 2 saturated heterocycles. The number of hydrogen-bond donors (Lipinski definition) is 0. The van der Waals surface area contributed by atoms with E-state index in [1.165, 1.54) is 0 Å². The van der Waals surface area contributed by atoms with Crippen LogP contribution in [-0.4, -0.2) is 50.1 Å². The van der Waals surface area contributed by atoms with Crippen LogP contribution in [0.3, 0.4) is 0 Å². The van der Waals surface area contributed by atoms with E-state index in [9.17, 15) is 9.59 Å². The third-order valence-electron chi connectivity index (χ3n) is 5.41. The van der Waals surface area contributed by atoms with Crippen LogP contribution in [0.15, 0.2) is 10.1 Å². The summed E-state index contributed by atoms with van der Waals surface area (Å²) in [5.41, 5.74) is 0. The fourth-order valence-corrected chi connectivity index (χ4v) is 7.15. The van der Waals surface area contributed by atoms with Crippen molar-refractivity contribution >= 4 is 81.4 Å². The number of carbonyl (C=O) groups excluding carboxylic acids is 2. The van der Waals surface area contributed by atoms with Crippen LogP contribution < -0.4 is 0 Å². The number of hydrogen-bond acceptors (Lipinski definition) is 3. The second kappa shape index (κ2) is 5.31. The van der Waals surface area contributed by atoms with Crippen molar-refractivity contribution in [3.05, 3.63) is 10.1 Å². The fraction of sp³-hybridized carbons (Fsp3) is 0.714. The molecule has 24 heavy (non-hydrogen) atoms. The molecule has 3 fully saturated rings. The lowest BCUT2D eigenvalue weighted by Gasteiger charge is -2.34. The number of allylic oxidation sites excluding steroid dienone is 2. The molecule has 132 valence electrons. The number of likely N-dealkylation sites (tertiary alicyclic amines) is 1. The predicted molar refractivity (Wildman–Crippen MR) is 93.0 cm³/mol. The minimum absolute atomic E-state index is 0.0767. The molecule has 4 aliphatic rings. The molecule has 0 N–H and O–H groups in total. The highest BCUT2D eigenvalue weighted by atomic mass is 35.5. The molecule has 0 unspecified atom stereocenters. The van der Waals surface area contributed by atoms with Crippen LogP contribution in [0.25, 0.3) is 0 Å². The second-order valence-corrected chi connectivity index (χ2v) is 9.78. The Hall–Kier alpha value is 0.580. The molecule has 2 heterocycles. The molecule has 10 heteroatoms. The fourth-order valence-electron chi connectivity index (χ4n) is 4.22. The summed E-state index contributed by atoms with van der Waals surface area (Å²) >= 11 is 38.5. The van der Waals surface area contributed by atoms with Crippen LogP contribution in [0.2, 0.25) is 0 Å². The molecule has 5 atom stereocenters. The van der Waals surface area contributed by atoms with E-state index in [0.717, 1.165) is 17.7 Å². The van der Waals surface area contributed by atoms with E-state index in [-0.39, 0.29) is 22.7 Å². The van der Waals surface area contributed by atoms with Gasteiger partial charge in [0.1, 0.15) is 9.75 Å². The number of amides is 2. The summed E-state index contributed by atoms with van der Waals surface area (Å²) in [6.07, 6.45) is 1.47. The lowest BCUT2D eigenvalue weighted by atomic mass is 9.84. The molecule has 0 aromatic heterocycles. The molecule has 2 bridgehead atoms. The quantitative estimate of drug-likeness (QED) is 0.474. The highest BCUT2D eigenvalue weighted by Gasteiger charge is 2.87. The molecule has 2 amide bonds. The first kappa shape index (κ1) is 18.0. The van der Waals surface area contributed by atoms with Gasteiger partial charge in [-0.05, 0) is 12.8 Å². The molecular weight excluding hydrogens is 443 g/mol. The highest BCUT2D eigenvalue weighted by molar-refractivity contribution is 6.66. The standard InChI is InChI=1S/C14H11Cl6NO3/c15-8-9(16)13(18)7-6(12(8,17)14(13,19)20)10(22)21(11(7)23)4-5-2-1-3-24-5/h5-7H,1-4H2/t5-,6+,7+,12-,13-/m1/s1. The maximum absolute atomic E-state index is 12.9. The van der Waals surface area contributed by atoms with Gasteiger partial charge in [-0.15, -0.1) is 23.2 Å². The maximum atomic E-state index is 12.9. The third kappa shape index (κ3) is 1.75. The Kier molecular flexibility index (Phi) is 3.98. The predicted octanol–water partition coefficient (Wildman–Crippen LogP) is 3.61. The Labute approximate surface area is 168 Å². The number of alkyl halides is 4. The molecule has 2 aliphatic heterocycles. The van der Waals surface area contributed by atoms with Crippen molar-refractivity contribution in [1.29, 1.82) is 0 Å². The van der Waals surface area contributed by atoms with Crippen molar-refractivity contribution in [2.45, 2.75) is 33.0 Å². The van der Waals surface area contributed by atoms with Gasteiger partial charge in [0, 0.05) is 6.61 Å². The Balaban J connectivity index is 1.78. The molecule has 2 aliphatic carbocycles. The van der Waals surface area contributed by atoms with Crippen LogP contribution in [-0.2, 0) is 14.3 Å². The van der Waals surface area contributed by atoms with E-state index < -0.39 is 37.7 Å². The van der Waals surface area contributed by atoms with Gasteiger partial charge in [0.05, 0.1) is 34.5 Å². The normalized spacial score (nSPS) is 46.4. The van der Waals surface area contributed by atoms with E-state index in [1.807, 2.05) is 0 Å². The molecule has 0 radical (unpaired) electrons. The van der Waals surface area contributed by atoms with Gasteiger partial charge in [-0.25, -0.2) is 0 Å². The zero-order valence-electron chi connectivity index (χ0n) is 12.0. The highest BCUT2D eigenvalue weighted by Crippen LogP contribution is 2.77. The van der Waals surface area contributed by atoms with E-state index in [4.69, 9.17) is 74.3 Å². The van der Waals surface area contributed by atoms with E-state index in [2.05, 4.69) is 0 Å². The second-order valence-electron chi connectivity index (χ2n) is 6.50. The first-order valence-corrected chi connectivity index (χ1v) is 9.65. The summed E-state index contributed by atoms with van der Waals surface area (Å²) < 4.78 is 3.63. The number of carbonyl (C=O) groups is 2. The molecular formula is C14H11Cl6NO3. The SMILES string of the molecule is O=C1[C@@H]2[C@@H](C(=O)N1C[C@H]1CCCO1)[C@@]1(Cl)C(Cl)=C(Cl)[C@@]2(Cl)C1(Cl)Cl. The molecule has 1 saturated carbocycles. The summed E-state index contributed by atoms with van der Waals surface area (Å²) in [7, 11) is 0. The van der Waals surface area contributed by atoms with Gasteiger partial charge in [0.2, 0.25) is 11.8 Å². The number of imide groups is 1. The van der Waals surface area contributed by atoms with Gasteiger partial charge in [-0.3, -0.25) is 14.5 Å². The summed E-state index contributed by atoms with van der Waals surface area (Å²) in [6.45, 7) is 0.760. The average molecular weight is 454 g/mol. The van der Waals surface area contributed by atoms with E-state index in [1.54, 1.807) is 0 Å². The number of rotatable bonds is 2. The van der Waals surface area contributed by atoms with Crippen LogP contribution in [0.1, 0.15) is 12.8 Å². The minimum atomic E-state index is -1.88. The smallest absolute Gasteiger partial charge is 0.235 e. The number of fused-ring (bicyclic) bond motifs is 5. The maximum Gasteiger partial charge on any atom is 0.235 e. The van der Waals surface area contributed by atoms with Gasteiger partial charge in [0.25, 0.3) is 0 Å². The van der Waals surface area contributed by atoms with Crippen LogP contribution in [0.4, 0.5) is 0 Å². The van der Waals surface area contributed by atoms with Crippen molar-refractivity contribution < 1.29 is 14.3 Å². The zero-order valence-corrected chi connectivity index (χ0v) is 16.5. The lowest BCUT2D eigenvalue weighted by molar-refractivity contribution is -0.142. The average Bonchev–Trinajstić information content (AvgIpc) is 3.17.